The number of piperidine rings is 1. The number of sulfone groups is 1. The number of carbonyl (C=O) groups is 1. The molecule has 3 rings (SSSR count). The minimum Gasteiger partial charge on any atom is -0.497 e. The van der Waals surface area contributed by atoms with Crippen LogP contribution in [0.25, 0.3) is 0 Å². The molecule has 0 spiro atoms. The van der Waals surface area contributed by atoms with E-state index in [0.717, 1.165) is 5.56 Å². The minimum absolute atomic E-state index is 0.0220. The topological polar surface area (TPSA) is 63.7 Å². The van der Waals surface area contributed by atoms with Crippen molar-refractivity contribution in [3.8, 4) is 5.75 Å². The first-order chi connectivity index (χ1) is 12.9. The molecule has 0 saturated carbocycles. The van der Waals surface area contributed by atoms with Crippen LogP contribution in [0, 0.1) is 6.92 Å². The Morgan fingerprint density at radius 2 is 1.78 bits per heavy atom. The standard InChI is InChI=1S/C21H25NO4S/c1-16-6-8-19(9-7-16)27(24,25)20-10-12-22(13-11-20)15-21(23)17-4-3-5-18(14-17)26-2/h3-9,14,20H,10-13,15H2,1-2H3. The molecule has 1 saturated heterocycles. The van der Waals surface area contributed by atoms with Gasteiger partial charge in [0.1, 0.15) is 5.75 Å². The quantitative estimate of drug-likeness (QED) is 0.713. The van der Waals surface area contributed by atoms with Crippen LogP contribution in [0.3, 0.4) is 0 Å². The summed E-state index contributed by atoms with van der Waals surface area (Å²) in [6.07, 6.45) is 1.09. The Kier molecular flexibility index (Phi) is 5.97. The number of methoxy groups -OCH3 is 1. The summed E-state index contributed by atoms with van der Waals surface area (Å²) in [5, 5.41) is -0.386. The average Bonchev–Trinajstić information content (AvgIpc) is 2.69. The minimum atomic E-state index is -3.32. The van der Waals surface area contributed by atoms with Gasteiger partial charge < -0.3 is 4.74 Å². The Morgan fingerprint density at radius 3 is 2.41 bits per heavy atom. The van der Waals surface area contributed by atoms with E-state index >= 15 is 0 Å². The number of carbonyl (C=O) groups excluding carboxylic acids is 1. The summed E-state index contributed by atoms with van der Waals surface area (Å²) in [5.74, 6) is 0.678. The third-order valence-corrected chi connectivity index (χ3v) is 7.36. The number of benzene rings is 2. The zero-order valence-electron chi connectivity index (χ0n) is 15.7. The van der Waals surface area contributed by atoms with Crippen LogP contribution in [0.5, 0.6) is 5.75 Å². The summed E-state index contributed by atoms with van der Waals surface area (Å²) in [6, 6.07) is 14.1. The van der Waals surface area contributed by atoms with Crippen molar-refractivity contribution in [3.63, 3.8) is 0 Å². The number of Topliss-reactive ketones (excluding diaryl/α,β-unsaturated/α-hetero) is 1. The van der Waals surface area contributed by atoms with E-state index in [1.807, 2.05) is 24.0 Å². The second kappa shape index (κ2) is 8.23. The van der Waals surface area contributed by atoms with E-state index in [2.05, 4.69) is 0 Å². The lowest BCUT2D eigenvalue weighted by Gasteiger charge is -2.31. The first-order valence-corrected chi connectivity index (χ1v) is 10.6. The zero-order chi connectivity index (χ0) is 19.4. The van der Waals surface area contributed by atoms with E-state index in [1.165, 1.54) is 0 Å². The van der Waals surface area contributed by atoms with Gasteiger partial charge in [0.15, 0.2) is 15.6 Å². The molecule has 0 radical (unpaired) electrons. The molecule has 2 aromatic carbocycles. The maximum Gasteiger partial charge on any atom is 0.181 e. The summed E-state index contributed by atoms with van der Waals surface area (Å²) < 4.78 is 30.8. The third-order valence-electron chi connectivity index (χ3n) is 5.08. The molecular formula is C21H25NO4S. The Morgan fingerprint density at radius 1 is 1.11 bits per heavy atom. The Hall–Kier alpha value is -2.18. The first-order valence-electron chi connectivity index (χ1n) is 9.10. The molecule has 2 aromatic rings. The molecule has 0 unspecified atom stereocenters. The van der Waals surface area contributed by atoms with Crippen molar-refractivity contribution in [2.24, 2.45) is 0 Å². The second-order valence-corrected chi connectivity index (χ2v) is 9.22. The summed E-state index contributed by atoms with van der Waals surface area (Å²) in [4.78, 5) is 14.9. The molecule has 1 fully saturated rings. The highest BCUT2D eigenvalue weighted by molar-refractivity contribution is 7.92. The maximum atomic E-state index is 12.8. The summed E-state index contributed by atoms with van der Waals surface area (Å²) in [5.41, 5.74) is 1.66. The van der Waals surface area contributed by atoms with Crippen LogP contribution in [0.1, 0.15) is 28.8 Å². The van der Waals surface area contributed by atoms with Gasteiger partial charge in [-0.05, 0) is 57.1 Å². The highest BCUT2D eigenvalue weighted by Crippen LogP contribution is 2.25. The van der Waals surface area contributed by atoms with Crippen LogP contribution in [0.15, 0.2) is 53.4 Å². The predicted molar refractivity (Wildman–Crippen MR) is 105 cm³/mol. The second-order valence-electron chi connectivity index (χ2n) is 6.99. The van der Waals surface area contributed by atoms with Crippen LogP contribution < -0.4 is 4.74 Å². The molecule has 144 valence electrons. The van der Waals surface area contributed by atoms with Gasteiger partial charge in [0.25, 0.3) is 0 Å². The lowest BCUT2D eigenvalue weighted by Crippen LogP contribution is -2.41. The fraction of sp³-hybridized carbons (Fsp3) is 0.381. The van der Waals surface area contributed by atoms with Crippen LogP contribution in [-0.2, 0) is 9.84 Å². The molecule has 0 amide bonds. The molecule has 1 aliphatic heterocycles. The highest BCUT2D eigenvalue weighted by atomic mass is 32.2. The molecule has 1 aliphatic rings. The van der Waals surface area contributed by atoms with Gasteiger partial charge in [-0.15, -0.1) is 0 Å². The molecule has 5 nitrogen and oxygen atoms in total. The van der Waals surface area contributed by atoms with Crippen molar-refractivity contribution in [1.29, 1.82) is 0 Å². The lowest BCUT2D eigenvalue weighted by atomic mass is 10.1. The van der Waals surface area contributed by atoms with Gasteiger partial charge in [0, 0.05) is 5.56 Å². The third kappa shape index (κ3) is 4.57. The van der Waals surface area contributed by atoms with Gasteiger partial charge in [0.2, 0.25) is 0 Å². The first kappa shape index (κ1) is 19.6. The molecule has 0 aromatic heterocycles. The number of rotatable bonds is 6. The molecule has 27 heavy (non-hydrogen) atoms. The van der Waals surface area contributed by atoms with Crippen LogP contribution in [-0.4, -0.2) is 51.1 Å². The summed E-state index contributed by atoms with van der Waals surface area (Å²) >= 11 is 0. The van der Waals surface area contributed by atoms with Crippen molar-refractivity contribution in [2.45, 2.75) is 29.9 Å². The Bertz CT molecular complexity index is 898. The van der Waals surface area contributed by atoms with Crippen LogP contribution >= 0.6 is 0 Å². The monoisotopic (exact) mass is 387 g/mol. The largest absolute Gasteiger partial charge is 0.497 e. The van der Waals surface area contributed by atoms with Crippen LogP contribution in [0.2, 0.25) is 0 Å². The van der Waals surface area contributed by atoms with Gasteiger partial charge >= 0.3 is 0 Å². The maximum absolute atomic E-state index is 12.8. The smallest absolute Gasteiger partial charge is 0.181 e. The van der Waals surface area contributed by atoms with Gasteiger partial charge in [0.05, 0.1) is 23.8 Å². The van der Waals surface area contributed by atoms with E-state index in [9.17, 15) is 13.2 Å². The Labute approximate surface area is 160 Å². The number of hydrogen-bond donors (Lipinski definition) is 0. The van der Waals surface area contributed by atoms with Crippen molar-refractivity contribution >= 4 is 15.6 Å². The van der Waals surface area contributed by atoms with Gasteiger partial charge in [-0.25, -0.2) is 8.42 Å². The van der Waals surface area contributed by atoms with E-state index in [4.69, 9.17) is 4.74 Å². The molecular weight excluding hydrogens is 362 g/mol. The fourth-order valence-corrected chi connectivity index (χ4v) is 5.12. The number of ketones is 1. The lowest BCUT2D eigenvalue weighted by molar-refractivity contribution is 0.0916. The predicted octanol–water partition coefficient (Wildman–Crippen LogP) is 3.12. The van der Waals surface area contributed by atoms with E-state index in [-0.39, 0.29) is 11.0 Å². The van der Waals surface area contributed by atoms with Crippen molar-refractivity contribution in [3.05, 3.63) is 59.7 Å². The van der Waals surface area contributed by atoms with Crippen molar-refractivity contribution in [1.82, 2.24) is 4.90 Å². The highest BCUT2D eigenvalue weighted by Gasteiger charge is 2.31. The number of hydrogen-bond acceptors (Lipinski definition) is 5. The molecule has 0 N–H and O–H groups in total. The normalized spacial score (nSPS) is 16.2. The number of ether oxygens (including phenoxy) is 1. The average molecular weight is 388 g/mol. The van der Waals surface area contributed by atoms with Gasteiger partial charge in [-0.1, -0.05) is 29.8 Å². The molecule has 6 heteroatoms. The summed E-state index contributed by atoms with van der Waals surface area (Å²) in [6.45, 7) is 3.44. The Balaban J connectivity index is 1.60. The van der Waals surface area contributed by atoms with Crippen LogP contribution in [0.4, 0.5) is 0 Å². The fourth-order valence-electron chi connectivity index (χ4n) is 3.39. The SMILES string of the molecule is COc1cccc(C(=O)CN2CCC(S(=O)(=O)c3ccc(C)cc3)CC2)c1. The van der Waals surface area contributed by atoms with Crippen molar-refractivity contribution < 1.29 is 17.9 Å². The number of nitrogens with zero attached hydrogens (tertiary/aromatic N) is 1. The molecule has 0 atom stereocenters. The molecule has 0 bridgehead atoms. The zero-order valence-corrected chi connectivity index (χ0v) is 16.5. The van der Waals surface area contributed by atoms with Gasteiger partial charge in [-0.3, -0.25) is 9.69 Å². The van der Waals surface area contributed by atoms with E-state index in [1.54, 1.807) is 43.5 Å². The molecule has 0 aliphatic carbocycles. The van der Waals surface area contributed by atoms with Crippen molar-refractivity contribution in [2.75, 3.05) is 26.7 Å². The number of likely N-dealkylation sites (tertiary alicyclic amines) is 1. The van der Waals surface area contributed by atoms with Gasteiger partial charge in [-0.2, -0.15) is 0 Å². The number of aryl methyl sites for hydroxylation is 1. The molecule has 1 heterocycles. The van der Waals surface area contributed by atoms with E-state index < -0.39 is 9.84 Å². The summed E-state index contributed by atoms with van der Waals surface area (Å²) in [7, 11) is -1.75. The van der Waals surface area contributed by atoms with E-state index in [0.29, 0.717) is 48.7 Å².